The van der Waals surface area contributed by atoms with E-state index < -0.39 is 0 Å². The number of hydrogen-bond donors (Lipinski definition) is 0. The summed E-state index contributed by atoms with van der Waals surface area (Å²) < 4.78 is 5.04. The van der Waals surface area contributed by atoms with E-state index in [0.29, 0.717) is 55.7 Å². The van der Waals surface area contributed by atoms with Gasteiger partial charge in [0.05, 0.1) is 24.3 Å². The lowest BCUT2D eigenvalue weighted by Crippen LogP contribution is -2.54. The molecule has 3 heterocycles. The first-order valence-electron chi connectivity index (χ1n) is 10.9. The second-order valence-electron chi connectivity index (χ2n) is 8.35. The van der Waals surface area contributed by atoms with E-state index >= 15 is 0 Å². The van der Waals surface area contributed by atoms with E-state index in [1.54, 1.807) is 19.4 Å². The van der Waals surface area contributed by atoms with Crippen molar-refractivity contribution in [2.45, 2.75) is 38.1 Å². The highest BCUT2D eigenvalue weighted by atomic mass is 16.5. The molecule has 2 aromatic rings. The summed E-state index contributed by atoms with van der Waals surface area (Å²) >= 11 is 0. The van der Waals surface area contributed by atoms with Crippen LogP contribution in [0.4, 0.5) is 5.82 Å². The molecular formula is C24H26N6O2. The van der Waals surface area contributed by atoms with Crippen LogP contribution in [0.3, 0.4) is 0 Å². The first kappa shape index (κ1) is 21.7. The molecule has 0 radical (unpaired) electrons. The molecule has 1 saturated carbocycles. The van der Waals surface area contributed by atoms with Crippen molar-refractivity contribution >= 4 is 11.7 Å². The topological polar surface area (TPSA) is 106 Å². The van der Waals surface area contributed by atoms with E-state index in [2.05, 4.69) is 16.0 Å². The molecule has 1 aliphatic heterocycles. The Balaban J connectivity index is 1.62. The average molecular weight is 431 g/mol. The number of piperazine rings is 1. The third kappa shape index (κ3) is 4.42. The summed E-state index contributed by atoms with van der Waals surface area (Å²) in [5, 5.41) is 18.9. The van der Waals surface area contributed by atoms with Crippen LogP contribution < -0.4 is 4.90 Å². The Hall–Kier alpha value is -3.49. The van der Waals surface area contributed by atoms with Crippen LogP contribution >= 0.6 is 0 Å². The van der Waals surface area contributed by atoms with Crippen molar-refractivity contribution in [1.82, 2.24) is 14.9 Å². The number of carbonyl (C=O) groups is 1. The molecule has 1 saturated heterocycles. The van der Waals surface area contributed by atoms with E-state index in [4.69, 9.17) is 15.0 Å². The molecule has 4 rings (SSSR count). The van der Waals surface area contributed by atoms with Crippen LogP contribution in [-0.2, 0) is 9.53 Å². The molecule has 2 aromatic heterocycles. The third-order valence-electron chi connectivity index (χ3n) is 6.07. The number of methoxy groups -OCH3 is 1. The molecule has 8 heteroatoms. The maximum Gasteiger partial charge on any atom is 0.225 e. The van der Waals surface area contributed by atoms with Crippen LogP contribution in [0.1, 0.15) is 49.1 Å². The molecule has 164 valence electrons. The second-order valence-corrected chi connectivity index (χ2v) is 8.35. The summed E-state index contributed by atoms with van der Waals surface area (Å²) in [5.41, 5.74) is 3.63. The zero-order valence-corrected chi connectivity index (χ0v) is 18.4. The molecule has 0 spiro atoms. The van der Waals surface area contributed by atoms with E-state index in [1.807, 2.05) is 30.0 Å². The minimum absolute atomic E-state index is 0.0215. The zero-order valence-electron chi connectivity index (χ0n) is 18.4. The number of anilines is 1. The molecule has 2 aliphatic rings. The van der Waals surface area contributed by atoms with E-state index in [-0.39, 0.29) is 11.9 Å². The maximum atomic E-state index is 12.5. The fourth-order valence-corrected chi connectivity index (χ4v) is 4.21. The van der Waals surface area contributed by atoms with Crippen LogP contribution in [0.15, 0.2) is 24.4 Å². The standard InChI is InChI=1S/C24H26N6O2/c1-16-15-29(8-9-30(16)22(31)7-10-32-2)24-19(12-25)11-21(23(28-24)17-3-4-17)18-5-6-20(13-26)27-14-18/h5-6,11,14,16-17H,3-4,7-10,15H2,1-2H3. The second kappa shape index (κ2) is 9.33. The molecule has 1 aliphatic carbocycles. The van der Waals surface area contributed by atoms with Gasteiger partial charge in [0.15, 0.2) is 0 Å². The van der Waals surface area contributed by atoms with Crippen molar-refractivity contribution in [3.63, 3.8) is 0 Å². The van der Waals surface area contributed by atoms with Gasteiger partial charge in [-0.05, 0) is 38.0 Å². The van der Waals surface area contributed by atoms with Crippen LogP contribution in [0.2, 0.25) is 0 Å². The first-order chi connectivity index (χ1) is 15.5. The van der Waals surface area contributed by atoms with Gasteiger partial charge in [-0.25, -0.2) is 9.97 Å². The quantitative estimate of drug-likeness (QED) is 0.694. The summed E-state index contributed by atoms with van der Waals surface area (Å²) in [6.07, 6.45) is 4.21. The van der Waals surface area contributed by atoms with Gasteiger partial charge in [-0.15, -0.1) is 0 Å². The lowest BCUT2D eigenvalue weighted by Gasteiger charge is -2.41. The Labute approximate surface area is 188 Å². The van der Waals surface area contributed by atoms with Crippen molar-refractivity contribution in [3.05, 3.63) is 41.3 Å². The van der Waals surface area contributed by atoms with Crippen molar-refractivity contribution in [2.24, 2.45) is 0 Å². The molecule has 0 aromatic carbocycles. The Bertz CT molecular complexity index is 1080. The van der Waals surface area contributed by atoms with Crippen molar-refractivity contribution in [1.29, 1.82) is 10.5 Å². The first-order valence-corrected chi connectivity index (χ1v) is 10.9. The number of amides is 1. The average Bonchev–Trinajstić information content (AvgIpc) is 3.67. The minimum Gasteiger partial charge on any atom is -0.384 e. The summed E-state index contributed by atoms with van der Waals surface area (Å²) in [7, 11) is 1.60. The number of hydrogen-bond acceptors (Lipinski definition) is 7. The Morgan fingerprint density at radius 3 is 2.66 bits per heavy atom. The molecular weight excluding hydrogens is 404 g/mol. The fourth-order valence-electron chi connectivity index (χ4n) is 4.21. The van der Waals surface area contributed by atoms with Crippen molar-refractivity contribution < 1.29 is 9.53 Å². The smallest absolute Gasteiger partial charge is 0.225 e. The summed E-state index contributed by atoms with van der Waals surface area (Å²) in [6.45, 7) is 4.30. The minimum atomic E-state index is 0.0215. The molecule has 1 unspecified atom stereocenters. The lowest BCUT2D eigenvalue weighted by molar-refractivity contribution is -0.134. The fraction of sp³-hybridized carbons (Fsp3) is 0.458. The number of ether oxygens (including phenoxy) is 1. The van der Waals surface area contributed by atoms with Crippen LogP contribution in [0.5, 0.6) is 0 Å². The van der Waals surface area contributed by atoms with Gasteiger partial charge in [-0.1, -0.05) is 0 Å². The molecule has 32 heavy (non-hydrogen) atoms. The largest absolute Gasteiger partial charge is 0.384 e. The Morgan fingerprint density at radius 1 is 1.25 bits per heavy atom. The van der Waals surface area contributed by atoms with Gasteiger partial charge in [0.1, 0.15) is 23.7 Å². The van der Waals surface area contributed by atoms with Gasteiger partial charge in [-0.3, -0.25) is 4.79 Å². The van der Waals surface area contributed by atoms with E-state index in [0.717, 1.165) is 29.7 Å². The summed E-state index contributed by atoms with van der Waals surface area (Å²) in [5.74, 6) is 1.16. The van der Waals surface area contributed by atoms with Crippen molar-refractivity contribution in [3.8, 4) is 23.3 Å². The van der Waals surface area contributed by atoms with Crippen molar-refractivity contribution in [2.75, 3.05) is 38.3 Å². The van der Waals surface area contributed by atoms with Crippen LogP contribution in [-0.4, -0.2) is 60.2 Å². The van der Waals surface area contributed by atoms with Gasteiger partial charge in [0.25, 0.3) is 0 Å². The van der Waals surface area contributed by atoms with Crippen LogP contribution in [0.25, 0.3) is 11.1 Å². The molecule has 0 N–H and O–H groups in total. The van der Waals surface area contributed by atoms with Gasteiger partial charge >= 0.3 is 0 Å². The molecule has 8 nitrogen and oxygen atoms in total. The SMILES string of the molecule is COCCC(=O)N1CCN(c2nc(C3CC3)c(-c3ccc(C#N)nc3)cc2C#N)CC1C. The Morgan fingerprint density at radius 2 is 2.06 bits per heavy atom. The van der Waals surface area contributed by atoms with Gasteiger partial charge in [-0.2, -0.15) is 10.5 Å². The predicted molar refractivity (Wildman–Crippen MR) is 119 cm³/mol. The van der Waals surface area contributed by atoms with E-state index in [9.17, 15) is 10.1 Å². The lowest BCUT2D eigenvalue weighted by atomic mass is 10.00. The van der Waals surface area contributed by atoms with Gasteiger partial charge in [0, 0.05) is 56.0 Å². The third-order valence-corrected chi connectivity index (χ3v) is 6.07. The number of carbonyl (C=O) groups excluding carboxylic acids is 1. The number of pyridine rings is 2. The molecule has 2 fully saturated rings. The Kier molecular flexibility index (Phi) is 6.34. The molecule has 1 amide bonds. The molecule has 0 bridgehead atoms. The normalized spacial score (nSPS) is 18.2. The number of nitrogens with zero attached hydrogens (tertiary/aromatic N) is 6. The summed E-state index contributed by atoms with van der Waals surface area (Å²) in [4.78, 5) is 25.7. The highest BCUT2D eigenvalue weighted by molar-refractivity contribution is 5.77. The number of nitriles is 2. The van der Waals surface area contributed by atoms with Gasteiger partial charge in [0.2, 0.25) is 5.91 Å². The number of rotatable bonds is 6. The highest BCUT2D eigenvalue weighted by Gasteiger charge is 2.33. The maximum absolute atomic E-state index is 12.5. The highest BCUT2D eigenvalue weighted by Crippen LogP contribution is 2.45. The molecule has 1 atom stereocenters. The van der Waals surface area contributed by atoms with Gasteiger partial charge < -0.3 is 14.5 Å². The van der Waals surface area contributed by atoms with Crippen LogP contribution in [0, 0.1) is 22.7 Å². The predicted octanol–water partition coefficient (Wildman–Crippen LogP) is 2.84. The number of aromatic nitrogens is 2. The monoisotopic (exact) mass is 430 g/mol. The summed E-state index contributed by atoms with van der Waals surface area (Å²) in [6, 6.07) is 9.83. The zero-order chi connectivity index (χ0) is 22.7. The van der Waals surface area contributed by atoms with E-state index in [1.165, 1.54) is 0 Å².